The van der Waals surface area contributed by atoms with E-state index in [2.05, 4.69) is 20.9 Å². The smallest absolute Gasteiger partial charge is 0.322 e. The fourth-order valence-electron chi connectivity index (χ4n) is 1.58. The maximum Gasteiger partial charge on any atom is 0.322 e. The van der Waals surface area contributed by atoms with Crippen LogP contribution in [-0.2, 0) is 10.2 Å². The first-order valence-corrected chi connectivity index (χ1v) is 4.93. The Morgan fingerprint density at radius 2 is 2.20 bits per heavy atom. The van der Waals surface area contributed by atoms with E-state index in [-0.39, 0.29) is 5.69 Å². The lowest BCUT2D eigenvalue weighted by molar-refractivity contribution is -0.143. The number of hydrogen-bond acceptors (Lipinski definition) is 2. The predicted octanol–water partition coefficient (Wildman–Crippen LogP) is 2.21. The minimum Gasteiger partial charge on any atom is -0.480 e. The Kier molecular flexibility index (Phi) is 2.08. The van der Waals surface area contributed by atoms with Gasteiger partial charge in [-0.2, -0.15) is 0 Å². The van der Waals surface area contributed by atoms with Crippen molar-refractivity contribution < 1.29 is 18.7 Å². The normalized spacial score (nSPS) is 27.4. The first kappa shape index (κ1) is 10.5. The molecule has 6 heteroatoms. The largest absolute Gasteiger partial charge is 0.480 e. The number of rotatable bonds is 2. The van der Waals surface area contributed by atoms with Gasteiger partial charge in [-0.15, -0.1) is 0 Å². The molecule has 1 aromatic heterocycles. The van der Waals surface area contributed by atoms with Gasteiger partial charge in [0, 0.05) is 17.1 Å². The van der Waals surface area contributed by atoms with Gasteiger partial charge in [0.15, 0.2) is 5.41 Å². The molecule has 0 amide bonds. The summed E-state index contributed by atoms with van der Waals surface area (Å²) in [4.78, 5) is 14.6. The summed E-state index contributed by atoms with van der Waals surface area (Å²) in [5.74, 6) is -4.75. The number of halogens is 3. The molecule has 0 bridgehead atoms. The topological polar surface area (TPSA) is 50.2 Å². The van der Waals surface area contributed by atoms with Crippen molar-refractivity contribution in [2.24, 2.45) is 0 Å². The highest BCUT2D eigenvalue weighted by atomic mass is 79.9. The van der Waals surface area contributed by atoms with Crippen molar-refractivity contribution in [3.63, 3.8) is 0 Å². The van der Waals surface area contributed by atoms with Crippen molar-refractivity contribution in [3.8, 4) is 0 Å². The molecule has 0 spiro atoms. The van der Waals surface area contributed by atoms with E-state index in [1.165, 1.54) is 12.3 Å². The summed E-state index contributed by atoms with van der Waals surface area (Å²) >= 11 is 3.03. The first-order chi connectivity index (χ1) is 6.92. The SMILES string of the molecule is O=C(O)C1(c2ncccc2Br)CC1(F)F. The fraction of sp³-hybridized carbons (Fsp3) is 0.333. The van der Waals surface area contributed by atoms with Gasteiger partial charge >= 0.3 is 5.97 Å². The van der Waals surface area contributed by atoms with E-state index >= 15 is 0 Å². The molecule has 1 aliphatic carbocycles. The molecule has 1 aromatic rings. The van der Waals surface area contributed by atoms with Crippen LogP contribution in [0.4, 0.5) is 8.78 Å². The van der Waals surface area contributed by atoms with Gasteiger partial charge in [-0.25, -0.2) is 8.78 Å². The number of pyridine rings is 1. The van der Waals surface area contributed by atoms with Gasteiger partial charge in [-0.3, -0.25) is 9.78 Å². The van der Waals surface area contributed by atoms with E-state index in [1.54, 1.807) is 6.07 Å². The average Bonchev–Trinajstić information content (AvgIpc) is 2.71. The van der Waals surface area contributed by atoms with Crippen molar-refractivity contribution >= 4 is 21.9 Å². The number of nitrogens with zero attached hydrogens (tertiary/aromatic N) is 1. The number of aliphatic carboxylic acids is 1. The van der Waals surface area contributed by atoms with Gasteiger partial charge in [-0.1, -0.05) is 0 Å². The summed E-state index contributed by atoms with van der Waals surface area (Å²) in [5.41, 5.74) is -2.25. The third-order valence-corrected chi connectivity index (χ3v) is 3.15. The van der Waals surface area contributed by atoms with Crippen molar-refractivity contribution in [1.29, 1.82) is 0 Å². The van der Waals surface area contributed by atoms with Crippen LogP contribution in [-0.4, -0.2) is 22.0 Å². The summed E-state index contributed by atoms with van der Waals surface area (Å²) in [7, 11) is 0. The summed E-state index contributed by atoms with van der Waals surface area (Å²) in [6, 6.07) is 3.05. The lowest BCUT2D eigenvalue weighted by Gasteiger charge is -2.11. The van der Waals surface area contributed by atoms with Crippen LogP contribution in [0, 0.1) is 0 Å². The highest BCUT2D eigenvalue weighted by Gasteiger charge is 2.78. The lowest BCUT2D eigenvalue weighted by Crippen LogP contribution is -2.28. The van der Waals surface area contributed by atoms with Crippen LogP contribution in [0.15, 0.2) is 22.8 Å². The Morgan fingerprint density at radius 3 is 2.60 bits per heavy atom. The first-order valence-electron chi connectivity index (χ1n) is 4.14. The zero-order chi connectivity index (χ0) is 11.3. The van der Waals surface area contributed by atoms with Crippen molar-refractivity contribution in [3.05, 3.63) is 28.5 Å². The maximum atomic E-state index is 13.1. The Labute approximate surface area is 92.3 Å². The predicted molar refractivity (Wildman–Crippen MR) is 50.8 cm³/mol. The monoisotopic (exact) mass is 277 g/mol. The Balaban J connectivity index is 2.55. The molecule has 1 fully saturated rings. The van der Waals surface area contributed by atoms with Gasteiger partial charge in [0.25, 0.3) is 5.92 Å². The molecule has 1 N–H and O–H groups in total. The molecule has 0 aromatic carbocycles. The molecule has 0 radical (unpaired) electrons. The second kappa shape index (κ2) is 2.98. The summed E-state index contributed by atoms with van der Waals surface area (Å²) in [5, 5.41) is 8.88. The molecule has 1 saturated carbocycles. The minimum absolute atomic E-state index is 0.109. The van der Waals surface area contributed by atoms with Crippen LogP contribution in [0.5, 0.6) is 0 Å². The van der Waals surface area contributed by atoms with Gasteiger partial charge in [-0.05, 0) is 28.1 Å². The van der Waals surface area contributed by atoms with E-state index in [4.69, 9.17) is 5.11 Å². The van der Waals surface area contributed by atoms with E-state index in [0.717, 1.165) is 0 Å². The van der Waals surface area contributed by atoms with Crippen molar-refractivity contribution in [2.45, 2.75) is 17.8 Å². The number of alkyl halides is 2. The molecule has 0 aliphatic heterocycles. The molecular weight excluding hydrogens is 272 g/mol. The van der Waals surface area contributed by atoms with E-state index in [9.17, 15) is 13.6 Å². The Morgan fingerprint density at radius 1 is 1.60 bits per heavy atom. The fourth-order valence-corrected chi connectivity index (χ4v) is 2.17. The second-order valence-electron chi connectivity index (χ2n) is 3.43. The molecule has 3 nitrogen and oxygen atoms in total. The zero-order valence-electron chi connectivity index (χ0n) is 7.38. The van der Waals surface area contributed by atoms with E-state index < -0.39 is 23.7 Å². The van der Waals surface area contributed by atoms with E-state index in [1.807, 2.05) is 0 Å². The van der Waals surface area contributed by atoms with E-state index in [0.29, 0.717) is 4.47 Å². The molecule has 1 aliphatic rings. The highest BCUT2D eigenvalue weighted by molar-refractivity contribution is 9.10. The summed E-state index contributed by atoms with van der Waals surface area (Å²) in [6.07, 6.45) is 0.615. The zero-order valence-corrected chi connectivity index (χ0v) is 8.96. The number of carboxylic acids is 1. The summed E-state index contributed by atoms with van der Waals surface area (Å²) < 4.78 is 26.5. The summed E-state index contributed by atoms with van der Waals surface area (Å²) in [6.45, 7) is 0. The minimum atomic E-state index is -3.21. The second-order valence-corrected chi connectivity index (χ2v) is 4.28. The molecule has 80 valence electrons. The van der Waals surface area contributed by atoms with Crippen LogP contribution in [0.25, 0.3) is 0 Å². The quantitative estimate of drug-likeness (QED) is 0.902. The molecule has 0 saturated heterocycles. The van der Waals surface area contributed by atoms with Crippen molar-refractivity contribution in [1.82, 2.24) is 4.98 Å². The van der Waals surface area contributed by atoms with Crippen LogP contribution in [0.1, 0.15) is 12.1 Å². The lowest BCUT2D eigenvalue weighted by atomic mass is 10.0. The Bertz CT molecular complexity index is 438. The molecule has 1 heterocycles. The number of aromatic nitrogens is 1. The Hall–Kier alpha value is -1.04. The van der Waals surface area contributed by atoms with Gasteiger partial charge in [0.1, 0.15) is 0 Å². The van der Waals surface area contributed by atoms with Crippen molar-refractivity contribution in [2.75, 3.05) is 0 Å². The molecule has 2 rings (SSSR count). The number of carboxylic acid groups (broad SMARTS) is 1. The molecule has 1 atom stereocenters. The van der Waals surface area contributed by atoms with Gasteiger partial charge < -0.3 is 5.11 Å². The molecular formula is C9H6BrF2NO2. The number of carbonyl (C=O) groups is 1. The van der Waals surface area contributed by atoms with Crippen LogP contribution in [0.3, 0.4) is 0 Å². The third-order valence-electron chi connectivity index (χ3n) is 2.51. The van der Waals surface area contributed by atoms with Gasteiger partial charge in [0.2, 0.25) is 0 Å². The third kappa shape index (κ3) is 1.27. The van der Waals surface area contributed by atoms with Gasteiger partial charge in [0.05, 0.1) is 5.69 Å². The maximum absolute atomic E-state index is 13.1. The standard InChI is InChI=1S/C9H6BrF2NO2/c10-5-2-1-3-13-6(5)8(7(14)15)4-9(8,11)12/h1-3H,4H2,(H,14,15). The average molecular weight is 278 g/mol. The highest BCUT2D eigenvalue weighted by Crippen LogP contribution is 2.62. The van der Waals surface area contributed by atoms with Crippen LogP contribution in [0.2, 0.25) is 0 Å². The number of hydrogen-bond donors (Lipinski definition) is 1. The van der Waals surface area contributed by atoms with Crippen LogP contribution < -0.4 is 0 Å². The molecule has 15 heavy (non-hydrogen) atoms. The molecule has 1 unspecified atom stereocenters. The van der Waals surface area contributed by atoms with Crippen LogP contribution >= 0.6 is 15.9 Å².